The molecule has 0 atom stereocenters. The van der Waals surface area contributed by atoms with Gasteiger partial charge in [0, 0.05) is 6.42 Å². The lowest BCUT2D eigenvalue weighted by Crippen LogP contribution is -2.11. The highest BCUT2D eigenvalue weighted by atomic mass is 127. The Balaban J connectivity index is 2.57. The van der Waals surface area contributed by atoms with Crippen LogP contribution in [0.4, 0.5) is 14.6 Å². The minimum absolute atomic E-state index is 0.174. The fourth-order valence-electron chi connectivity index (χ4n) is 1.25. The largest absolute Gasteiger partial charge is 0.383 e. The van der Waals surface area contributed by atoms with E-state index in [0.717, 1.165) is 15.7 Å². The third kappa shape index (κ3) is 4.66. The summed E-state index contributed by atoms with van der Waals surface area (Å²) in [7, 11) is 0. The summed E-state index contributed by atoms with van der Waals surface area (Å²) in [6.07, 6.45) is -1.29. The Kier molecular flexibility index (Phi) is 5.96. The molecular formula is C10H14F2IN3O. The average Bonchev–Trinajstić information content (AvgIpc) is 2.28. The van der Waals surface area contributed by atoms with Crippen molar-refractivity contribution in [3.8, 4) is 0 Å². The third-order valence-electron chi connectivity index (χ3n) is 2.04. The van der Waals surface area contributed by atoms with E-state index in [2.05, 4.69) is 32.6 Å². The van der Waals surface area contributed by atoms with Crippen LogP contribution in [0.2, 0.25) is 0 Å². The molecule has 1 aromatic heterocycles. The monoisotopic (exact) mass is 357 g/mol. The molecule has 1 heterocycles. The van der Waals surface area contributed by atoms with Crippen LogP contribution in [0.5, 0.6) is 0 Å². The van der Waals surface area contributed by atoms with Gasteiger partial charge in [-0.3, -0.25) is 0 Å². The maximum absolute atomic E-state index is 11.8. The molecule has 96 valence electrons. The van der Waals surface area contributed by atoms with Crippen LogP contribution in [0.1, 0.15) is 18.4 Å². The van der Waals surface area contributed by atoms with Gasteiger partial charge in [-0.25, -0.2) is 18.7 Å². The Bertz CT molecular complexity index is 377. The molecule has 0 aliphatic rings. The lowest BCUT2D eigenvalue weighted by Gasteiger charge is -2.07. The van der Waals surface area contributed by atoms with Crippen LogP contribution < -0.4 is 5.73 Å². The van der Waals surface area contributed by atoms with Crippen molar-refractivity contribution in [1.82, 2.24) is 9.97 Å². The zero-order valence-corrected chi connectivity index (χ0v) is 11.6. The minimum Gasteiger partial charge on any atom is -0.383 e. The average molecular weight is 357 g/mol. The Morgan fingerprint density at radius 2 is 2.12 bits per heavy atom. The van der Waals surface area contributed by atoms with Crippen LogP contribution in [0, 0.1) is 3.57 Å². The first-order chi connectivity index (χ1) is 8.04. The first-order valence-electron chi connectivity index (χ1n) is 5.21. The summed E-state index contributed by atoms with van der Waals surface area (Å²) in [5.74, 6) is 0.968. The van der Waals surface area contributed by atoms with Crippen molar-refractivity contribution in [2.75, 3.05) is 18.9 Å². The van der Waals surface area contributed by atoms with E-state index in [0.29, 0.717) is 18.1 Å². The van der Waals surface area contributed by atoms with E-state index < -0.39 is 13.0 Å². The number of rotatable bonds is 6. The van der Waals surface area contributed by atoms with Gasteiger partial charge in [0.2, 0.25) is 0 Å². The molecule has 7 heteroatoms. The van der Waals surface area contributed by atoms with E-state index in [1.807, 2.05) is 6.92 Å². The molecule has 1 rings (SSSR count). The summed E-state index contributed by atoms with van der Waals surface area (Å²) in [4.78, 5) is 8.39. The van der Waals surface area contributed by atoms with E-state index >= 15 is 0 Å². The second-order valence-electron chi connectivity index (χ2n) is 3.36. The molecule has 2 N–H and O–H groups in total. The van der Waals surface area contributed by atoms with Gasteiger partial charge in [0.1, 0.15) is 18.2 Å². The summed E-state index contributed by atoms with van der Waals surface area (Å²) < 4.78 is 29.3. The molecule has 0 unspecified atom stereocenters. The van der Waals surface area contributed by atoms with Crippen molar-refractivity contribution in [3.05, 3.63) is 15.1 Å². The molecule has 0 spiro atoms. The van der Waals surface area contributed by atoms with E-state index in [1.165, 1.54) is 0 Å². The number of aromatic nitrogens is 2. The Morgan fingerprint density at radius 1 is 1.41 bits per heavy atom. The van der Waals surface area contributed by atoms with E-state index in [9.17, 15) is 8.78 Å². The number of nitrogen functional groups attached to an aromatic ring is 1. The predicted molar refractivity (Wildman–Crippen MR) is 69.1 cm³/mol. The van der Waals surface area contributed by atoms with Gasteiger partial charge in [-0.15, -0.1) is 0 Å². The van der Waals surface area contributed by atoms with Crippen LogP contribution >= 0.6 is 22.6 Å². The van der Waals surface area contributed by atoms with Gasteiger partial charge in [0.25, 0.3) is 6.43 Å². The lowest BCUT2D eigenvalue weighted by molar-refractivity contribution is 0.0183. The summed E-state index contributed by atoms with van der Waals surface area (Å²) in [5.41, 5.74) is 6.61. The van der Waals surface area contributed by atoms with Gasteiger partial charge < -0.3 is 10.5 Å². The summed E-state index contributed by atoms with van der Waals surface area (Å²) in [5, 5.41) is 0. The Hall–Kier alpha value is -0.570. The highest BCUT2D eigenvalue weighted by Gasteiger charge is 2.09. The smallest absolute Gasteiger partial charge is 0.261 e. The maximum Gasteiger partial charge on any atom is 0.261 e. The second kappa shape index (κ2) is 7.00. The molecule has 0 amide bonds. The number of hydrogen-bond donors (Lipinski definition) is 1. The topological polar surface area (TPSA) is 61.0 Å². The van der Waals surface area contributed by atoms with Gasteiger partial charge in [0.05, 0.1) is 15.9 Å². The number of nitrogens with two attached hydrogens (primary N) is 1. The molecule has 17 heavy (non-hydrogen) atoms. The van der Waals surface area contributed by atoms with Crippen LogP contribution in [0.3, 0.4) is 0 Å². The third-order valence-corrected chi connectivity index (χ3v) is 3.22. The quantitative estimate of drug-likeness (QED) is 0.625. The fourth-order valence-corrected chi connectivity index (χ4v) is 1.87. The highest BCUT2D eigenvalue weighted by molar-refractivity contribution is 14.1. The van der Waals surface area contributed by atoms with Gasteiger partial charge in [-0.2, -0.15) is 0 Å². The summed E-state index contributed by atoms with van der Waals surface area (Å²) >= 11 is 2.09. The maximum atomic E-state index is 11.8. The minimum atomic E-state index is -2.44. The van der Waals surface area contributed by atoms with Crippen molar-refractivity contribution in [2.24, 2.45) is 0 Å². The van der Waals surface area contributed by atoms with E-state index in [1.54, 1.807) is 0 Å². The number of nitrogens with zero attached hydrogens (tertiary/aromatic N) is 2. The van der Waals surface area contributed by atoms with Crippen LogP contribution in [0.15, 0.2) is 0 Å². The fraction of sp³-hybridized carbons (Fsp3) is 0.600. The Morgan fingerprint density at radius 3 is 2.71 bits per heavy atom. The number of ether oxygens (including phenoxy) is 1. The van der Waals surface area contributed by atoms with Crippen molar-refractivity contribution in [1.29, 1.82) is 0 Å². The molecule has 0 aliphatic heterocycles. The number of halogens is 3. The molecule has 0 bridgehead atoms. The van der Waals surface area contributed by atoms with Crippen LogP contribution in [-0.4, -0.2) is 29.6 Å². The molecule has 0 aromatic carbocycles. The highest BCUT2D eigenvalue weighted by Crippen LogP contribution is 2.16. The molecule has 0 fully saturated rings. The zero-order chi connectivity index (χ0) is 12.8. The predicted octanol–water partition coefficient (Wildman–Crippen LogP) is 2.05. The van der Waals surface area contributed by atoms with Gasteiger partial charge >= 0.3 is 0 Å². The number of hydrogen-bond acceptors (Lipinski definition) is 4. The summed E-state index contributed by atoms with van der Waals surface area (Å²) in [6.45, 7) is 1.59. The zero-order valence-electron chi connectivity index (χ0n) is 9.42. The molecular weight excluding hydrogens is 343 g/mol. The second-order valence-corrected chi connectivity index (χ2v) is 4.43. The standard InChI is InChI=1S/C10H14F2IN3O/c1-2-6-9(13)10(14)16-8(15-6)3-4-17-5-7(11)12/h7H,2-5H2,1H3,(H2,14,15,16). The van der Waals surface area contributed by atoms with Crippen molar-refractivity contribution >= 4 is 28.4 Å². The van der Waals surface area contributed by atoms with Crippen molar-refractivity contribution in [3.63, 3.8) is 0 Å². The number of aryl methyl sites for hydroxylation is 1. The molecule has 0 saturated carbocycles. The van der Waals surface area contributed by atoms with Gasteiger partial charge in [0.15, 0.2) is 0 Å². The number of anilines is 1. The van der Waals surface area contributed by atoms with E-state index in [-0.39, 0.29) is 6.61 Å². The van der Waals surface area contributed by atoms with Gasteiger partial charge in [-0.05, 0) is 29.0 Å². The van der Waals surface area contributed by atoms with Crippen molar-refractivity contribution < 1.29 is 13.5 Å². The van der Waals surface area contributed by atoms with Crippen LogP contribution in [0.25, 0.3) is 0 Å². The Labute approximate surface area is 112 Å². The number of alkyl halides is 2. The molecule has 0 aliphatic carbocycles. The van der Waals surface area contributed by atoms with Crippen molar-refractivity contribution in [2.45, 2.75) is 26.2 Å². The molecule has 4 nitrogen and oxygen atoms in total. The van der Waals surface area contributed by atoms with E-state index in [4.69, 9.17) is 10.5 Å². The molecule has 0 saturated heterocycles. The van der Waals surface area contributed by atoms with Crippen LogP contribution in [-0.2, 0) is 17.6 Å². The normalized spacial score (nSPS) is 11.1. The molecule has 0 radical (unpaired) electrons. The SMILES string of the molecule is CCc1nc(CCOCC(F)F)nc(N)c1I. The first-order valence-corrected chi connectivity index (χ1v) is 6.29. The van der Waals surface area contributed by atoms with Gasteiger partial charge in [-0.1, -0.05) is 6.92 Å². The first kappa shape index (κ1) is 14.5. The summed E-state index contributed by atoms with van der Waals surface area (Å²) in [6, 6.07) is 0. The molecule has 1 aromatic rings. The lowest BCUT2D eigenvalue weighted by atomic mass is 10.3.